The maximum Gasteiger partial charge on any atom is 0.170 e. The smallest absolute Gasteiger partial charge is 0.170 e. The molecule has 4 heterocycles. The van der Waals surface area contributed by atoms with E-state index in [2.05, 4.69) is 82.7 Å². The van der Waals surface area contributed by atoms with Crippen LogP contribution in [0.1, 0.15) is 40.3 Å². The van der Waals surface area contributed by atoms with Gasteiger partial charge in [-0.2, -0.15) is 0 Å². The number of hydrogen-bond donors (Lipinski definition) is 1. The highest BCUT2D eigenvalue weighted by Gasteiger charge is 2.41. The minimum Gasteiger partial charge on any atom is -0.352 e. The molecule has 0 saturated carbocycles. The molecule has 1 aliphatic rings. The van der Waals surface area contributed by atoms with Crippen LogP contribution in [-0.4, -0.2) is 56.6 Å². The second kappa shape index (κ2) is 8.77. The molecule has 2 atom stereocenters. The second-order valence-electron chi connectivity index (χ2n) is 8.43. The molecule has 1 N–H and O–H groups in total. The average molecular weight is 435 g/mol. The van der Waals surface area contributed by atoms with Crippen LogP contribution in [0.3, 0.4) is 0 Å². The number of aryl methyl sites for hydroxylation is 2. The third kappa shape index (κ3) is 4.07. The molecule has 1 saturated heterocycles. The molecule has 0 spiro atoms. The summed E-state index contributed by atoms with van der Waals surface area (Å²) in [6, 6.07) is 12.5. The Hall–Kier alpha value is -2.77. The fraction of sp³-hybridized carbons (Fsp3) is 0.375. The van der Waals surface area contributed by atoms with Gasteiger partial charge in [0.15, 0.2) is 5.11 Å². The van der Waals surface area contributed by atoms with Gasteiger partial charge in [-0.15, -0.1) is 0 Å². The molecule has 31 heavy (non-hydrogen) atoms. The first-order chi connectivity index (χ1) is 14.9. The number of nitrogens with zero attached hydrogens (tertiary/aromatic N) is 5. The summed E-state index contributed by atoms with van der Waals surface area (Å²) < 4.78 is 2.26. The molecule has 162 valence electrons. The van der Waals surface area contributed by atoms with Gasteiger partial charge in [-0.05, 0) is 82.5 Å². The van der Waals surface area contributed by atoms with E-state index >= 15 is 0 Å². The van der Waals surface area contributed by atoms with E-state index in [0.717, 1.165) is 35.3 Å². The number of pyridine rings is 2. The van der Waals surface area contributed by atoms with Crippen LogP contribution in [0.5, 0.6) is 0 Å². The maximum atomic E-state index is 5.79. The van der Waals surface area contributed by atoms with Gasteiger partial charge in [-0.1, -0.05) is 12.1 Å². The molecule has 6 nitrogen and oxygen atoms in total. The number of rotatable bonds is 6. The van der Waals surface area contributed by atoms with E-state index in [-0.39, 0.29) is 12.1 Å². The lowest BCUT2D eigenvalue weighted by atomic mass is 9.97. The highest BCUT2D eigenvalue weighted by molar-refractivity contribution is 7.80. The topological polar surface area (TPSA) is 49.2 Å². The third-order valence-electron chi connectivity index (χ3n) is 5.97. The lowest BCUT2D eigenvalue weighted by molar-refractivity contribution is 0.277. The zero-order valence-corrected chi connectivity index (χ0v) is 19.6. The maximum absolute atomic E-state index is 5.79. The van der Waals surface area contributed by atoms with Crippen LogP contribution in [0, 0.1) is 20.8 Å². The van der Waals surface area contributed by atoms with Crippen LogP contribution in [0.2, 0.25) is 0 Å². The van der Waals surface area contributed by atoms with Crippen molar-refractivity contribution in [2.75, 3.05) is 27.2 Å². The van der Waals surface area contributed by atoms with Crippen molar-refractivity contribution >= 4 is 17.3 Å². The van der Waals surface area contributed by atoms with E-state index in [1.165, 1.54) is 17.0 Å². The third-order valence-corrected chi connectivity index (χ3v) is 6.32. The van der Waals surface area contributed by atoms with Crippen LogP contribution in [-0.2, 0) is 0 Å². The predicted molar refractivity (Wildman–Crippen MR) is 128 cm³/mol. The highest BCUT2D eigenvalue weighted by atomic mass is 32.1. The molecule has 0 unspecified atom stereocenters. The van der Waals surface area contributed by atoms with E-state index in [0.29, 0.717) is 0 Å². The quantitative estimate of drug-likeness (QED) is 0.597. The van der Waals surface area contributed by atoms with Crippen LogP contribution in [0.4, 0.5) is 0 Å². The molecular formula is C24H30N6S. The fourth-order valence-electron chi connectivity index (χ4n) is 4.42. The van der Waals surface area contributed by atoms with Crippen LogP contribution < -0.4 is 5.32 Å². The number of nitrogens with one attached hydrogen (secondary N) is 1. The van der Waals surface area contributed by atoms with Crippen LogP contribution in [0.25, 0.3) is 5.82 Å². The minimum absolute atomic E-state index is 0.00496. The van der Waals surface area contributed by atoms with E-state index in [1.54, 1.807) is 0 Å². The Balaban J connectivity index is 1.82. The number of hydrogen-bond acceptors (Lipinski definition) is 4. The van der Waals surface area contributed by atoms with Crippen LogP contribution >= 0.6 is 12.2 Å². The van der Waals surface area contributed by atoms with Gasteiger partial charge in [0.05, 0.1) is 17.8 Å². The van der Waals surface area contributed by atoms with Gasteiger partial charge in [0.25, 0.3) is 0 Å². The molecule has 0 amide bonds. The number of thiocarbonyl (C=S) groups is 1. The van der Waals surface area contributed by atoms with Gasteiger partial charge >= 0.3 is 0 Å². The van der Waals surface area contributed by atoms with E-state index in [4.69, 9.17) is 12.2 Å². The standard InChI is InChI=1S/C24H30N6S/c1-16-9-8-12-26-23(16)30-17(2)15-19(18(30)3)22-21(20-10-6-7-11-25-20)27-24(31)29(22)14-13-28(4)5/h6-12,15,21-22H,13-14H2,1-5H3,(H,27,31)/t21-,22+/m1/s1. The number of aromatic nitrogens is 3. The molecule has 7 heteroatoms. The summed E-state index contributed by atoms with van der Waals surface area (Å²) in [7, 11) is 4.18. The second-order valence-corrected chi connectivity index (χ2v) is 8.82. The molecular weight excluding hydrogens is 404 g/mol. The van der Waals surface area contributed by atoms with Gasteiger partial charge in [-0.3, -0.25) is 4.98 Å². The SMILES string of the molecule is Cc1cccnc1-n1c(C)cc([C@H]2[C@@H](c3ccccn3)NC(=S)N2CCN(C)C)c1C. The van der Waals surface area contributed by atoms with Crippen molar-refractivity contribution in [1.29, 1.82) is 0 Å². The first-order valence-corrected chi connectivity index (χ1v) is 11.0. The van der Waals surface area contributed by atoms with Crippen molar-refractivity contribution < 1.29 is 0 Å². The molecule has 3 aromatic heterocycles. The Bertz CT molecular complexity index is 1070. The summed E-state index contributed by atoms with van der Waals surface area (Å²) in [5.74, 6) is 0.978. The summed E-state index contributed by atoms with van der Waals surface area (Å²) in [6.07, 6.45) is 3.70. The highest BCUT2D eigenvalue weighted by Crippen LogP contribution is 2.41. The van der Waals surface area contributed by atoms with Crippen molar-refractivity contribution in [3.63, 3.8) is 0 Å². The molecule has 0 radical (unpaired) electrons. The molecule has 0 bridgehead atoms. The van der Waals surface area contributed by atoms with Crippen molar-refractivity contribution in [3.8, 4) is 5.82 Å². The lowest BCUT2D eigenvalue weighted by Gasteiger charge is -2.29. The predicted octanol–water partition coefficient (Wildman–Crippen LogP) is 3.73. The molecule has 4 rings (SSSR count). The van der Waals surface area contributed by atoms with Crippen molar-refractivity contribution in [3.05, 3.63) is 77.0 Å². The summed E-state index contributed by atoms with van der Waals surface area (Å²) in [6.45, 7) is 8.19. The van der Waals surface area contributed by atoms with Crippen molar-refractivity contribution in [2.24, 2.45) is 0 Å². The zero-order valence-electron chi connectivity index (χ0n) is 18.8. The molecule has 0 aliphatic carbocycles. The molecule has 3 aromatic rings. The molecule has 0 aromatic carbocycles. The number of likely N-dealkylation sites (N-methyl/N-ethyl adjacent to an activating group) is 1. The first kappa shape index (κ1) is 21.5. The van der Waals surface area contributed by atoms with Crippen molar-refractivity contribution in [2.45, 2.75) is 32.9 Å². The van der Waals surface area contributed by atoms with Gasteiger partial charge in [0.1, 0.15) is 5.82 Å². The minimum atomic E-state index is -0.00496. The summed E-state index contributed by atoms with van der Waals surface area (Å²) in [4.78, 5) is 13.8. The molecule has 1 aliphatic heterocycles. The molecule has 1 fully saturated rings. The largest absolute Gasteiger partial charge is 0.352 e. The zero-order chi connectivity index (χ0) is 22.1. The van der Waals surface area contributed by atoms with E-state index in [1.807, 2.05) is 30.6 Å². The normalized spacial score (nSPS) is 18.6. The van der Waals surface area contributed by atoms with Gasteiger partial charge < -0.3 is 19.7 Å². The Morgan fingerprint density at radius 1 is 1.06 bits per heavy atom. The van der Waals surface area contributed by atoms with Crippen LogP contribution in [0.15, 0.2) is 48.8 Å². The Kier molecular flexibility index (Phi) is 6.07. The summed E-state index contributed by atoms with van der Waals surface area (Å²) in [5, 5.41) is 4.33. The summed E-state index contributed by atoms with van der Waals surface area (Å²) >= 11 is 5.79. The van der Waals surface area contributed by atoms with Gasteiger partial charge in [-0.25, -0.2) is 4.98 Å². The monoisotopic (exact) mass is 434 g/mol. The Morgan fingerprint density at radius 3 is 2.52 bits per heavy atom. The Labute approximate surface area is 189 Å². The average Bonchev–Trinajstić information content (AvgIpc) is 3.23. The van der Waals surface area contributed by atoms with E-state index < -0.39 is 0 Å². The first-order valence-electron chi connectivity index (χ1n) is 10.6. The van der Waals surface area contributed by atoms with Gasteiger partial charge in [0.2, 0.25) is 0 Å². The summed E-state index contributed by atoms with van der Waals surface area (Å²) in [5.41, 5.74) is 5.76. The van der Waals surface area contributed by atoms with Crippen molar-refractivity contribution in [1.82, 2.24) is 29.7 Å². The Morgan fingerprint density at radius 2 is 1.84 bits per heavy atom. The lowest BCUT2D eigenvalue weighted by Crippen LogP contribution is -2.35. The van der Waals surface area contributed by atoms with Gasteiger partial charge in [0, 0.05) is 36.9 Å². The van der Waals surface area contributed by atoms with E-state index in [9.17, 15) is 0 Å². The fourth-order valence-corrected chi connectivity index (χ4v) is 4.75.